The molecule has 0 saturated heterocycles. The lowest BCUT2D eigenvalue weighted by Gasteiger charge is -2.29. The van der Waals surface area contributed by atoms with Gasteiger partial charge in [0.2, 0.25) is 0 Å². The Hall–Kier alpha value is -0.120. The van der Waals surface area contributed by atoms with Crippen LogP contribution in [0.3, 0.4) is 0 Å². The Labute approximate surface area is 61.9 Å². The molecule has 0 aliphatic carbocycles. The average Bonchev–Trinajstić information content (AvgIpc) is 1.83. The maximum absolute atomic E-state index is 9.37. The molecule has 0 heterocycles. The van der Waals surface area contributed by atoms with Crippen molar-refractivity contribution in [2.75, 3.05) is 6.61 Å². The molecule has 2 atom stereocenters. The Morgan fingerprint density at radius 3 is 1.90 bits per heavy atom. The minimum Gasteiger partial charge on any atom is -0.395 e. The van der Waals surface area contributed by atoms with E-state index in [0.717, 1.165) is 0 Å². The molecular weight excluding hydrogens is 130 g/mol. The van der Waals surface area contributed by atoms with Gasteiger partial charge in [0.05, 0.1) is 18.8 Å². The van der Waals surface area contributed by atoms with Crippen LogP contribution in [-0.2, 0) is 0 Å². The number of aliphatic hydroxyl groups is 2. The zero-order valence-electron chi connectivity index (χ0n) is 6.83. The van der Waals surface area contributed by atoms with Crippen LogP contribution >= 0.6 is 0 Å². The second-order valence-corrected chi connectivity index (χ2v) is 3.66. The summed E-state index contributed by atoms with van der Waals surface area (Å²) in [7, 11) is 0. The lowest BCUT2D eigenvalue weighted by molar-refractivity contribution is 0.0230. The molecular formula is C7H17NO2. The molecule has 3 nitrogen and oxygen atoms in total. The zero-order valence-corrected chi connectivity index (χ0v) is 6.83. The van der Waals surface area contributed by atoms with Crippen molar-refractivity contribution in [3.63, 3.8) is 0 Å². The smallest absolute Gasteiger partial charge is 0.0761 e. The fraction of sp³-hybridized carbons (Fsp3) is 1.00. The number of aliphatic hydroxyl groups excluding tert-OH is 2. The quantitative estimate of drug-likeness (QED) is 0.503. The van der Waals surface area contributed by atoms with Crippen LogP contribution in [0, 0.1) is 5.41 Å². The van der Waals surface area contributed by atoms with Crippen LogP contribution in [0.1, 0.15) is 20.8 Å². The standard InChI is InChI=1S/C7H17NO2/c1-7(2,3)6(10)5(8)4-9/h5-6,9-10H,4,8H2,1-3H3. The second-order valence-electron chi connectivity index (χ2n) is 3.66. The molecule has 3 heteroatoms. The van der Waals surface area contributed by atoms with Gasteiger partial charge in [-0.05, 0) is 5.41 Å². The monoisotopic (exact) mass is 147 g/mol. The van der Waals surface area contributed by atoms with E-state index in [1.807, 2.05) is 20.8 Å². The lowest BCUT2D eigenvalue weighted by Crippen LogP contribution is -2.45. The van der Waals surface area contributed by atoms with Gasteiger partial charge in [-0.15, -0.1) is 0 Å². The van der Waals surface area contributed by atoms with E-state index in [-0.39, 0.29) is 12.0 Å². The van der Waals surface area contributed by atoms with Gasteiger partial charge < -0.3 is 15.9 Å². The molecule has 2 unspecified atom stereocenters. The molecule has 0 aromatic carbocycles. The first-order chi connectivity index (χ1) is 4.39. The van der Waals surface area contributed by atoms with Crippen molar-refractivity contribution >= 4 is 0 Å². The minimum absolute atomic E-state index is 0.168. The fourth-order valence-corrected chi connectivity index (χ4v) is 0.742. The van der Waals surface area contributed by atoms with Crippen molar-refractivity contribution in [3.05, 3.63) is 0 Å². The first kappa shape index (κ1) is 9.88. The van der Waals surface area contributed by atoms with Crippen molar-refractivity contribution in [1.82, 2.24) is 0 Å². The summed E-state index contributed by atoms with van der Waals surface area (Å²) in [6, 6.07) is -0.528. The van der Waals surface area contributed by atoms with Crippen molar-refractivity contribution < 1.29 is 10.2 Å². The third-order valence-electron chi connectivity index (χ3n) is 1.50. The van der Waals surface area contributed by atoms with Gasteiger partial charge in [0.15, 0.2) is 0 Å². The maximum atomic E-state index is 9.37. The maximum Gasteiger partial charge on any atom is 0.0761 e. The molecule has 0 radical (unpaired) electrons. The van der Waals surface area contributed by atoms with Crippen LogP contribution in [0.25, 0.3) is 0 Å². The van der Waals surface area contributed by atoms with Crippen molar-refractivity contribution in [1.29, 1.82) is 0 Å². The van der Waals surface area contributed by atoms with E-state index < -0.39 is 12.1 Å². The van der Waals surface area contributed by atoms with Crippen LogP contribution in [0.5, 0.6) is 0 Å². The van der Waals surface area contributed by atoms with E-state index in [2.05, 4.69) is 0 Å². The van der Waals surface area contributed by atoms with Gasteiger partial charge in [0.1, 0.15) is 0 Å². The molecule has 0 aliphatic heterocycles. The van der Waals surface area contributed by atoms with Crippen LogP contribution < -0.4 is 5.73 Å². The third-order valence-corrected chi connectivity index (χ3v) is 1.50. The minimum atomic E-state index is -0.641. The molecule has 0 aromatic heterocycles. The van der Waals surface area contributed by atoms with E-state index in [1.54, 1.807) is 0 Å². The highest BCUT2D eigenvalue weighted by atomic mass is 16.3. The normalized spacial score (nSPS) is 18.6. The highest BCUT2D eigenvalue weighted by molar-refractivity contribution is 4.81. The molecule has 0 amide bonds. The summed E-state index contributed by atoms with van der Waals surface area (Å²) in [5.41, 5.74) is 5.15. The fourth-order valence-electron chi connectivity index (χ4n) is 0.742. The third kappa shape index (κ3) is 2.64. The molecule has 0 aromatic rings. The molecule has 0 saturated carbocycles. The van der Waals surface area contributed by atoms with Crippen LogP contribution in [0.2, 0.25) is 0 Å². The SMILES string of the molecule is CC(C)(C)C(O)C(N)CO. The summed E-state index contributed by atoms with van der Waals surface area (Å²) >= 11 is 0. The highest BCUT2D eigenvalue weighted by Crippen LogP contribution is 2.20. The van der Waals surface area contributed by atoms with Gasteiger partial charge in [-0.2, -0.15) is 0 Å². The molecule has 4 N–H and O–H groups in total. The summed E-state index contributed by atoms with van der Waals surface area (Å²) < 4.78 is 0. The summed E-state index contributed by atoms with van der Waals surface area (Å²) in [4.78, 5) is 0. The Morgan fingerprint density at radius 2 is 1.80 bits per heavy atom. The number of hydrogen-bond donors (Lipinski definition) is 3. The second kappa shape index (κ2) is 3.32. The average molecular weight is 147 g/mol. The van der Waals surface area contributed by atoms with Crippen molar-refractivity contribution in [2.24, 2.45) is 11.1 Å². The number of rotatable bonds is 2. The molecule has 0 fully saturated rings. The van der Waals surface area contributed by atoms with Gasteiger partial charge in [0, 0.05) is 0 Å². The summed E-state index contributed by atoms with van der Waals surface area (Å²) in [5.74, 6) is 0. The molecule has 0 aliphatic rings. The van der Waals surface area contributed by atoms with Gasteiger partial charge in [0.25, 0.3) is 0 Å². The summed E-state index contributed by atoms with van der Waals surface area (Å²) in [6.45, 7) is 5.48. The topological polar surface area (TPSA) is 66.5 Å². The first-order valence-electron chi connectivity index (χ1n) is 3.44. The summed E-state index contributed by atoms with van der Waals surface area (Å²) in [5, 5.41) is 18.0. The molecule has 62 valence electrons. The van der Waals surface area contributed by atoms with Crippen molar-refractivity contribution in [2.45, 2.75) is 32.9 Å². The van der Waals surface area contributed by atoms with E-state index >= 15 is 0 Å². The van der Waals surface area contributed by atoms with E-state index in [1.165, 1.54) is 0 Å². The lowest BCUT2D eigenvalue weighted by atomic mass is 9.85. The number of nitrogens with two attached hydrogens (primary N) is 1. The summed E-state index contributed by atoms with van der Waals surface area (Å²) in [6.07, 6.45) is -0.641. The predicted molar refractivity (Wildman–Crippen MR) is 40.5 cm³/mol. The van der Waals surface area contributed by atoms with E-state index in [9.17, 15) is 5.11 Å². The first-order valence-corrected chi connectivity index (χ1v) is 3.44. The zero-order chi connectivity index (χ0) is 8.36. The van der Waals surface area contributed by atoms with E-state index in [0.29, 0.717) is 0 Å². The van der Waals surface area contributed by atoms with Gasteiger partial charge in [-0.25, -0.2) is 0 Å². The number of hydrogen-bond acceptors (Lipinski definition) is 3. The van der Waals surface area contributed by atoms with Gasteiger partial charge >= 0.3 is 0 Å². The van der Waals surface area contributed by atoms with Crippen molar-refractivity contribution in [3.8, 4) is 0 Å². The van der Waals surface area contributed by atoms with Crippen LogP contribution in [0.4, 0.5) is 0 Å². The Bertz CT molecular complexity index is 98.3. The van der Waals surface area contributed by atoms with E-state index in [4.69, 9.17) is 10.8 Å². The molecule has 0 bridgehead atoms. The van der Waals surface area contributed by atoms with Gasteiger partial charge in [-0.3, -0.25) is 0 Å². The van der Waals surface area contributed by atoms with Crippen LogP contribution in [-0.4, -0.2) is 29.0 Å². The highest BCUT2D eigenvalue weighted by Gasteiger charge is 2.27. The van der Waals surface area contributed by atoms with Crippen LogP contribution in [0.15, 0.2) is 0 Å². The van der Waals surface area contributed by atoms with Gasteiger partial charge in [-0.1, -0.05) is 20.8 Å². The molecule has 10 heavy (non-hydrogen) atoms. The largest absolute Gasteiger partial charge is 0.395 e. The Morgan fingerprint density at radius 1 is 1.40 bits per heavy atom. The Balaban J connectivity index is 3.94. The molecule has 0 rings (SSSR count). The Kier molecular flexibility index (Phi) is 3.28. The molecule has 0 spiro atoms. The predicted octanol–water partition coefficient (Wildman–Crippen LogP) is -0.287.